The number of halogens is 1. The first-order valence-corrected chi connectivity index (χ1v) is 6.76. The molecule has 0 amide bonds. The highest BCUT2D eigenvalue weighted by atomic mass is 19.1. The van der Waals surface area contributed by atoms with Gasteiger partial charge in [-0.05, 0) is 49.4 Å². The molecule has 0 saturated heterocycles. The molecule has 4 heteroatoms. The second kappa shape index (κ2) is 6.59. The van der Waals surface area contributed by atoms with E-state index in [0.29, 0.717) is 11.5 Å². The summed E-state index contributed by atoms with van der Waals surface area (Å²) in [5.41, 5.74) is 2.56. The molecule has 3 nitrogen and oxygen atoms in total. The van der Waals surface area contributed by atoms with Gasteiger partial charge >= 0.3 is 0 Å². The molecule has 1 N–H and O–H groups in total. The molecule has 2 rings (SSSR count). The van der Waals surface area contributed by atoms with Gasteiger partial charge in [0, 0.05) is 0 Å². The molecule has 0 aliphatic rings. The molecule has 0 radical (unpaired) electrons. The van der Waals surface area contributed by atoms with Crippen LogP contribution in [0.1, 0.15) is 22.7 Å². The van der Waals surface area contributed by atoms with Gasteiger partial charge in [-0.2, -0.15) is 0 Å². The number of rotatable bonds is 5. The summed E-state index contributed by atoms with van der Waals surface area (Å²) in [6.07, 6.45) is 0. The molecule has 1 atom stereocenters. The number of hydrogen-bond donors (Lipinski definition) is 1. The van der Waals surface area contributed by atoms with Crippen LogP contribution in [0.15, 0.2) is 36.4 Å². The molecule has 0 aliphatic heterocycles. The van der Waals surface area contributed by atoms with Gasteiger partial charge in [0.1, 0.15) is 17.3 Å². The fourth-order valence-electron chi connectivity index (χ4n) is 2.57. The lowest BCUT2D eigenvalue weighted by Crippen LogP contribution is -2.19. The van der Waals surface area contributed by atoms with Crippen LogP contribution >= 0.6 is 0 Å². The van der Waals surface area contributed by atoms with E-state index in [1.807, 2.05) is 38.2 Å². The fourth-order valence-corrected chi connectivity index (χ4v) is 2.57. The Labute approximate surface area is 124 Å². The number of aryl methyl sites for hydroxylation is 1. The van der Waals surface area contributed by atoms with Crippen LogP contribution < -0.4 is 14.8 Å². The summed E-state index contributed by atoms with van der Waals surface area (Å²) >= 11 is 0. The Hall–Kier alpha value is -2.07. The van der Waals surface area contributed by atoms with Gasteiger partial charge in [-0.15, -0.1) is 0 Å². The van der Waals surface area contributed by atoms with Crippen molar-refractivity contribution in [2.75, 3.05) is 21.3 Å². The SMILES string of the molecule is CNC(c1cc(C)cc(F)c1)c1c(OC)cccc1OC. The summed E-state index contributed by atoms with van der Waals surface area (Å²) in [4.78, 5) is 0. The maximum Gasteiger partial charge on any atom is 0.127 e. The summed E-state index contributed by atoms with van der Waals surface area (Å²) < 4.78 is 24.6. The molecule has 0 saturated carbocycles. The fraction of sp³-hybridized carbons (Fsp3) is 0.294. The quantitative estimate of drug-likeness (QED) is 0.914. The van der Waals surface area contributed by atoms with E-state index >= 15 is 0 Å². The maximum atomic E-state index is 13.7. The normalized spacial score (nSPS) is 12.0. The molecule has 112 valence electrons. The van der Waals surface area contributed by atoms with Crippen molar-refractivity contribution in [2.24, 2.45) is 0 Å². The van der Waals surface area contributed by atoms with Crippen molar-refractivity contribution in [1.82, 2.24) is 5.32 Å². The Morgan fingerprint density at radius 1 is 1.05 bits per heavy atom. The molecule has 1 unspecified atom stereocenters. The first kappa shape index (κ1) is 15.3. The zero-order valence-electron chi connectivity index (χ0n) is 12.7. The second-order valence-corrected chi connectivity index (χ2v) is 4.86. The molecule has 0 spiro atoms. The summed E-state index contributed by atoms with van der Waals surface area (Å²) in [7, 11) is 5.06. The predicted octanol–water partition coefficient (Wildman–Crippen LogP) is 3.46. The second-order valence-electron chi connectivity index (χ2n) is 4.86. The topological polar surface area (TPSA) is 30.5 Å². The van der Waals surface area contributed by atoms with E-state index in [4.69, 9.17) is 9.47 Å². The minimum absolute atomic E-state index is 0.217. The van der Waals surface area contributed by atoms with Gasteiger partial charge < -0.3 is 14.8 Å². The lowest BCUT2D eigenvalue weighted by molar-refractivity contribution is 0.378. The average Bonchev–Trinajstić information content (AvgIpc) is 2.47. The van der Waals surface area contributed by atoms with Crippen LogP contribution in [0.3, 0.4) is 0 Å². The molecule has 0 aliphatic carbocycles. The standard InChI is InChI=1S/C17H20FNO2/c1-11-8-12(10-13(18)9-11)17(19-2)16-14(20-3)6-5-7-15(16)21-4/h5-10,17,19H,1-4H3. The third-order valence-corrected chi connectivity index (χ3v) is 3.44. The zero-order valence-corrected chi connectivity index (χ0v) is 12.7. The van der Waals surface area contributed by atoms with Crippen LogP contribution in [-0.4, -0.2) is 21.3 Å². The van der Waals surface area contributed by atoms with Crippen molar-refractivity contribution in [3.8, 4) is 11.5 Å². The van der Waals surface area contributed by atoms with Crippen molar-refractivity contribution in [1.29, 1.82) is 0 Å². The zero-order chi connectivity index (χ0) is 15.4. The van der Waals surface area contributed by atoms with E-state index in [-0.39, 0.29) is 11.9 Å². The molecule has 2 aromatic carbocycles. The van der Waals surface area contributed by atoms with Gasteiger partial charge in [0.15, 0.2) is 0 Å². The van der Waals surface area contributed by atoms with E-state index in [1.54, 1.807) is 14.2 Å². The Morgan fingerprint density at radius 3 is 2.14 bits per heavy atom. The van der Waals surface area contributed by atoms with Gasteiger partial charge in [-0.3, -0.25) is 0 Å². The summed E-state index contributed by atoms with van der Waals surface area (Å²) in [5, 5.41) is 3.21. The van der Waals surface area contributed by atoms with E-state index < -0.39 is 0 Å². The van der Waals surface area contributed by atoms with E-state index in [9.17, 15) is 4.39 Å². The number of ether oxygens (including phenoxy) is 2. The lowest BCUT2D eigenvalue weighted by Gasteiger charge is -2.22. The van der Waals surface area contributed by atoms with Crippen LogP contribution in [0.25, 0.3) is 0 Å². The highest BCUT2D eigenvalue weighted by Gasteiger charge is 2.21. The van der Waals surface area contributed by atoms with Gasteiger partial charge in [-0.1, -0.05) is 12.1 Å². The Morgan fingerprint density at radius 2 is 1.67 bits per heavy atom. The molecule has 0 fully saturated rings. The Balaban J connectivity index is 2.60. The molecule has 2 aromatic rings. The molecule has 0 heterocycles. The van der Waals surface area contributed by atoms with Gasteiger partial charge in [0.25, 0.3) is 0 Å². The molecule has 0 aromatic heterocycles. The molecular weight excluding hydrogens is 269 g/mol. The average molecular weight is 289 g/mol. The van der Waals surface area contributed by atoms with E-state index in [0.717, 1.165) is 16.7 Å². The molecule has 0 bridgehead atoms. The highest BCUT2D eigenvalue weighted by molar-refractivity contribution is 5.51. The third-order valence-electron chi connectivity index (χ3n) is 3.44. The monoisotopic (exact) mass is 289 g/mol. The predicted molar refractivity (Wildman–Crippen MR) is 81.6 cm³/mol. The molecule has 21 heavy (non-hydrogen) atoms. The van der Waals surface area contributed by atoms with Crippen molar-refractivity contribution >= 4 is 0 Å². The minimum Gasteiger partial charge on any atom is -0.496 e. The number of methoxy groups -OCH3 is 2. The Kier molecular flexibility index (Phi) is 4.81. The van der Waals surface area contributed by atoms with Crippen LogP contribution in [-0.2, 0) is 0 Å². The first-order valence-electron chi connectivity index (χ1n) is 6.76. The smallest absolute Gasteiger partial charge is 0.127 e. The van der Waals surface area contributed by atoms with Crippen molar-refractivity contribution in [3.63, 3.8) is 0 Å². The Bertz CT molecular complexity index is 586. The molecular formula is C17H20FNO2. The first-order chi connectivity index (χ1) is 10.1. The summed E-state index contributed by atoms with van der Waals surface area (Å²) in [6.45, 7) is 1.87. The van der Waals surface area contributed by atoms with Crippen molar-refractivity contribution in [2.45, 2.75) is 13.0 Å². The van der Waals surface area contributed by atoms with Crippen LogP contribution in [0.2, 0.25) is 0 Å². The van der Waals surface area contributed by atoms with E-state index in [1.165, 1.54) is 12.1 Å². The lowest BCUT2D eigenvalue weighted by atomic mass is 9.95. The van der Waals surface area contributed by atoms with Crippen LogP contribution in [0.5, 0.6) is 11.5 Å². The van der Waals surface area contributed by atoms with Gasteiger partial charge in [-0.25, -0.2) is 4.39 Å². The van der Waals surface area contributed by atoms with Gasteiger partial charge in [0.05, 0.1) is 25.8 Å². The van der Waals surface area contributed by atoms with Crippen LogP contribution in [0, 0.1) is 12.7 Å². The number of benzene rings is 2. The van der Waals surface area contributed by atoms with Crippen LogP contribution in [0.4, 0.5) is 4.39 Å². The number of nitrogens with one attached hydrogen (secondary N) is 1. The summed E-state index contributed by atoms with van der Waals surface area (Å²) in [6, 6.07) is 10.4. The van der Waals surface area contributed by atoms with Crippen molar-refractivity contribution in [3.05, 3.63) is 58.9 Å². The third kappa shape index (κ3) is 3.16. The maximum absolute atomic E-state index is 13.7. The number of hydrogen-bond acceptors (Lipinski definition) is 3. The van der Waals surface area contributed by atoms with E-state index in [2.05, 4.69) is 5.32 Å². The highest BCUT2D eigenvalue weighted by Crippen LogP contribution is 2.37. The minimum atomic E-state index is -0.251. The van der Waals surface area contributed by atoms with Crippen molar-refractivity contribution < 1.29 is 13.9 Å². The summed E-state index contributed by atoms with van der Waals surface area (Å²) in [5.74, 6) is 1.16. The van der Waals surface area contributed by atoms with Gasteiger partial charge in [0.2, 0.25) is 0 Å². The largest absolute Gasteiger partial charge is 0.496 e.